The van der Waals surface area contributed by atoms with Gasteiger partial charge in [0.15, 0.2) is 0 Å². The van der Waals surface area contributed by atoms with Crippen LogP contribution >= 0.6 is 15.9 Å². The maximum absolute atomic E-state index is 11.9. The first-order chi connectivity index (χ1) is 9.47. The molecule has 1 aromatic carbocycles. The number of amides is 1. The number of imidazole rings is 1. The minimum Gasteiger partial charge on any atom is -0.326 e. The highest BCUT2D eigenvalue weighted by Crippen LogP contribution is 2.14. The Morgan fingerprint density at radius 3 is 2.50 bits per heavy atom. The number of aryl methyl sites for hydroxylation is 1. The lowest BCUT2D eigenvalue weighted by Crippen LogP contribution is -2.22. The highest BCUT2D eigenvalue weighted by Gasteiger charge is 2.09. The van der Waals surface area contributed by atoms with Crippen molar-refractivity contribution in [2.45, 2.75) is 26.8 Å². The van der Waals surface area contributed by atoms with E-state index in [1.165, 1.54) is 0 Å². The summed E-state index contributed by atoms with van der Waals surface area (Å²) in [5.41, 5.74) is 2.28. The van der Waals surface area contributed by atoms with Gasteiger partial charge in [0, 0.05) is 34.5 Å². The molecule has 5 nitrogen and oxygen atoms in total. The zero-order valence-electron chi connectivity index (χ0n) is 11.4. The van der Waals surface area contributed by atoms with Crippen molar-refractivity contribution in [3.63, 3.8) is 0 Å². The van der Waals surface area contributed by atoms with E-state index in [9.17, 15) is 9.59 Å². The molecule has 0 radical (unpaired) electrons. The molecule has 1 amide bonds. The molecule has 1 aromatic heterocycles. The third-order valence-electron chi connectivity index (χ3n) is 3.18. The Kier molecular flexibility index (Phi) is 4.44. The molecular formula is C14H16BrN3O2. The predicted octanol–water partition coefficient (Wildman–Crippen LogP) is 2.58. The van der Waals surface area contributed by atoms with Gasteiger partial charge in [-0.05, 0) is 38.1 Å². The van der Waals surface area contributed by atoms with Crippen LogP contribution in [0, 0.1) is 13.8 Å². The van der Waals surface area contributed by atoms with Crippen molar-refractivity contribution in [2.24, 2.45) is 0 Å². The summed E-state index contributed by atoms with van der Waals surface area (Å²) in [4.78, 5) is 26.2. The molecule has 2 aromatic rings. The quantitative estimate of drug-likeness (QED) is 0.900. The summed E-state index contributed by atoms with van der Waals surface area (Å²) < 4.78 is 2.54. The van der Waals surface area contributed by atoms with Gasteiger partial charge in [0.1, 0.15) is 0 Å². The molecule has 0 unspecified atom stereocenters. The highest BCUT2D eigenvalue weighted by atomic mass is 79.9. The van der Waals surface area contributed by atoms with Crippen LogP contribution in [0.3, 0.4) is 0 Å². The fraction of sp³-hybridized carbons (Fsp3) is 0.286. The van der Waals surface area contributed by atoms with Gasteiger partial charge < -0.3 is 10.3 Å². The highest BCUT2D eigenvalue weighted by molar-refractivity contribution is 9.10. The van der Waals surface area contributed by atoms with E-state index in [1.54, 1.807) is 4.57 Å². The molecule has 2 N–H and O–H groups in total. The summed E-state index contributed by atoms with van der Waals surface area (Å²) in [5, 5.41) is 2.80. The first-order valence-electron chi connectivity index (χ1n) is 6.29. The minimum absolute atomic E-state index is 0.113. The lowest BCUT2D eigenvalue weighted by molar-refractivity contribution is -0.116. The van der Waals surface area contributed by atoms with E-state index in [2.05, 4.69) is 26.2 Å². The first kappa shape index (κ1) is 14.6. The van der Waals surface area contributed by atoms with E-state index in [0.717, 1.165) is 21.5 Å². The lowest BCUT2D eigenvalue weighted by atomic mass is 10.3. The molecule has 0 saturated heterocycles. The van der Waals surface area contributed by atoms with E-state index in [-0.39, 0.29) is 18.0 Å². The maximum Gasteiger partial charge on any atom is 0.325 e. The number of nitrogens with one attached hydrogen (secondary N) is 2. The number of benzene rings is 1. The molecule has 0 spiro atoms. The number of carbonyl (C=O) groups excluding carboxylic acids is 1. The van der Waals surface area contributed by atoms with Crippen molar-refractivity contribution >= 4 is 27.5 Å². The van der Waals surface area contributed by atoms with Gasteiger partial charge in [0.2, 0.25) is 5.91 Å². The van der Waals surface area contributed by atoms with Crippen LogP contribution in [0.25, 0.3) is 0 Å². The molecule has 106 valence electrons. The second kappa shape index (κ2) is 6.09. The molecule has 6 heteroatoms. The van der Waals surface area contributed by atoms with Gasteiger partial charge in [0.25, 0.3) is 0 Å². The summed E-state index contributed by atoms with van der Waals surface area (Å²) in [6, 6.07) is 7.36. The summed E-state index contributed by atoms with van der Waals surface area (Å²) >= 11 is 3.34. The van der Waals surface area contributed by atoms with Crippen molar-refractivity contribution in [3.05, 3.63) is 50.6 Å². The number of rotatable bonds is 4. The van der Waals surface area contributed by atoms with E-state index in [1.807, 2.05) is 38.1 Å². The summed E-state index contributed by atoms with van der Waals surface area (Å²) in [7, 11) is 0. The Bertz CT molecular complexity index is 671. The monoisotopic (exact) mass is 337 g/mol. The normalized spacial score (nSPS) is 10.6. The van der Waals surface area contributed by atoms with E-state index < -0.39 is 0 Å². The first-order valence-corrected chi connectivity index (χ1v) is 7.08. The number of nitrogens with zero attached hydrogens (tertiary/aromatic N) is 1. The number of aromatic amines is 1. The smallest absolute Gasteiger partial charge is 0.325 e. The number of hydrogen-bond donors (Lipinski definition) is 2. The number of aromatic nitrogens is 2. The van der Waals surface area contributed by atoms with Crippen LogP contribution in [0.15, 0.2) is 33.5 Å². The number of carbonyl (C=O) groups is 1. The van der Waals surface area contributed by atoms with Crippen LogP contribution in [0.2, 0.25) is 0 Å². The molecule has 20 heavy (non-hydrogen) atoms. The third-order valence-corrected chi connectivity index (χ3v) is 3.71. The summed E-state index contributed by atoms with van der Waals surface area (Å²) in [6.07, 6.45) is 0.258. The second-order valence-corrected chi connectivity index (χ2v) is 5.51. The van der Waals surface area contributed by atoms with Crippen molar-refractivity contribution in [1.29, 1.82) is 0 Å². The molecule has 2 rings (SSSR count). The maximum atomic E-state index is 11.9. The Hall–Kier alpha value is -1.82. The van der Waals surface area contributed by atoms with Crippen molar-refractivity contribution in [2.75, 3.05) is 5.32 Å². The number of anilines is 1. The average molecular weight is 338 g/mol. The summed E-state index contributed by atoms with van der Waals surface area (Å²) in [6.45, 7) is 4.08. The second-order valence-electron chi connectivity index (χ2n) is 4.60. The van der Waals surface area contributed by atoms with Gasteiger partial charge in [-0.15, -0.1) is 0 Å². The molecule has 0 aliphatic carbocycles. The van der Waals surface area contributed by atoms with Crippen LogP contribution < -0.4 is 11.0 Å². The number of H-pyrrole nitrogens is 1. The number of hydrogen-bond acceptors (Lipinski definition) is 2. The van der Waals surface area contributed by atoms with E-state index in [0.29, 0.717) is 6.54 Å². The van der Waals surface area contributed by atoms with Gasteiger partial charge in [0.05, 0.1) is 0 Å². The van der Waals surface area contributed by atoms with E-state index >= 15 is 0 Å². The van der Waals surface area contributed by atoms with Crippen LogP contribution in [-0.4, -0.2) is 15.5 Å². The van der Waals surface area contributed by atoms with Gasteiger partial charge in [-0.25, -0.2) is 4.79 Å². The van der Waals surface area contributed by atoms with Crippen LogP contribution in [0.4, 0.5) is 5.69 Å². The number of halogens is 1. The minimum atomic E-state index is -0.170. The van der Waals surface area contributed by atoms with Crippen molar-refractivity contribution in [1.82, 2.24) is 9.55 Å². The average Bonchev–Trinajstić information content (AvgIpc) is 2.64. The Labute approximate surface area is 125 Å². The zero-order valence-corrected chi connectivity index (χ0v) is 13.0. The fourth-order valence-electron chi connectivity index (χ4n) is 1.91. The Morgan fingerprint density at radius 2 is 1.95 bits per heavy atom. The molecule has 1 heterocycles. The summed E-state index contributed by atoms with van der Waals surface area (Å²) in [5.74, 6) is -0.113. The Morgan fingerprint density at radius 1 is 1.30 bits per heavy atom. The standard InChI is InChI=1S/C14H16BrN3O2/c1-9-10(2)18(14(20)16-9)8-7-13(19)17-12-5-3-11(15)4-6-12/h3-6H,7-8H2,1-2H3,(H,16,20)(H,17,19). The molecule has 0 fully saturated rings. The van der Waals surface area contributed by atoms with Crippen LogP contribution in [0.1, 0.15) is 17.8 Å². The molecule has 0 aliphatic heterocycles. The largest absolute Gasteiger partial charge is 0.326 e. The van der Waals surface area contributed by atoms with Gasteiger partial charge in [-0.1, -0.05) is 15.9 Å². The molecule has 0 saturated carbocycles. The fourth-order valence-corrected chi connectivity index (χ4v) is 2.18. The van der Waals surface area contributed by atoms with Crippen LogP contribution in [-0.2, 0) is 11.3 Å². The lowest BCUT2D eigenvalue weighted by Gasteiger charge is -2.07. The van der Waals surface area contributed by atoms with Gasteiger partial charge >= 0.3 is 5.69 Å². The SMILES string of the molecule is Cc1[nH]c(=O)n(CCC(=O)Nc2ccc(Br)cc2)c1C. The van der Waals surface area contributed by atoms with Crippen molar-refractivity contribution in [3.8, 4) is 0 Å². The topological polar surface area (TPSA) is 66.9 Å². The predicted molar refractivity (Wildman–Crippen MR) is 81.9 cm³/mol. The third kappa shape index (κ3) is 3.39. The Balaban J connectivity index is 1.95. The molecule has 0 bridgehead atoms. The van der Waals surface area contributed by atoms with Crippen molar-refractivity contribution < 1.29 is 4.79 Å². The molecule has 0 aliphatic rings. The molecule has 0 atom stereocenters. The van der Waals surface area contributed by atoms with Gasteiger partial charge in [-0.2, -0.15) is 0 Å². The van der Waals surface area contributed by atoms with Crippen LogP contribution in [0.5, 0.6) is 0 Å². The molecular weight excluding hydrogens is 322 g/mol. The van der Waals surface area contributed by atoms with Gasteiger partial charge in [-0.3, -0.25) is 9.36 Å². The zero-order chi connectivity index (χ0) is 14.7. The van der Waals surface area contributed by atoms with E-state index in [4.69, 9.17) is 0 Å².